The predicted octanol–water partition coefficient (Wildman–Crippen LogP) is 7.48. The number of fused-ring (bicyclic) bond motifs is 4. The van der Waals surface area contributed by atoms with E-state index in [0.717, 1.165) is 30.0 Å². The Morgan fingerprint density at radius 1 is 1.05 bits per heavy atom. The van der Waals surface area contributed by atoms with Crippen molar-refractivity contribution in [1.29, 1.82) is 0 Å². The molecule has 0 unspecified atom stereocenters. The van der Waals surface area contributed by atoms with Gasteiger partial charge in [0.1, 0.15) is 5.02 Å². The zero-order valence-corrected chi connectivity index (χ0v) is 23.5. The molecule has 7 nitrogen and oxygen atoms in total. The topological polar surface area (TPSA) is 92.1 Å². The van der Waals surface area contributed by atoms with Crippen LogP contribution in [-0.4, -0.2) is 34.0 Å². The molecule has 2 heterocycles. The Labute approximate surface area is 225 Å². The van der Waals surface area contributed by atoms with Gasteiger partial charge in [-0.05, 0) is 63.0 Å². The van der Waals surface area contributed by atoms with Crippen LogP contribution in [-0.2, 0) is 15.4 Å². The van der Waals surface area contributed by atoms with Crippen molar-refractivity contribution in [3.05, 3.63) is 35.0 Å². The normalized spacial score (nSPS) is 21.6. The van der Waals surface area contributed by atoms with E-state index >= 15 is 0 Å². The maximum absolute atomic E-state index is 12.6. The number of sulfonamides is 1. The molecular weight excluding hydrogens is 506 g/mol. The number of hydrogen-bond acceptors (Lipinski definition) is 4. The molecule has 3 aromatic rings. The second-order valence-corrected chi connectivity index (χ2v) is 13.4. The van der Waals surface area contributed by atoms with Gasteiger partial charge in [-0.2, -0.15) is 4.63 Å². The van der Waals surface area contributed by atoms with Crippen LogP contribution in [0.5, 0.6) is 0 Å². The number of nitrogens with zero attached hydrogens (tertiary/aromatic N) is 3. The van der Waals surface area contributed by atoms with Gasteiger partial charge in [0.15, 0.2) is 11.5 Å². The quantitative estimate of drug-likeness (QED) is 0.218. The van der Waals surface area contributed by atoms with Crippen LogP contribution in [0.15, 0.2) is 24.3 Å². The van der Waals surface area contributed by atoms with E-state index in [1.54, 1.807) is 16.8 Å². The average molecular weight is 546 g/mol. The lowest BCUT2D eigenvalue weighted by Crippen LogP contribution is -2.38. The lowest BCUT2D eigenvalue weighted by atomic mass is 9.59. The van der Waals surface area contributed by atoms with Gasteiger partial charge in [0.05, 0.1) is 11.4 Å². The van der Waals surface area contributed by atoms with E-state index in [9.17, 15) is 8.42 Å². The molecule has 3 fully saturated rings. The second kappa shape index (κ2) is 11.4. The fourth-order valence-corrected chi connectivity index (χ4v) is 7.81. The van der Waals surface area contributed by atoms with Crippen LogP contribution in [0.25, 0.3) is 17.0 Å². The molecule has 0 saturated heterocycles. The standard InChI is InChI=1S/C28H40ClN5O2S/c1-2-3-4-5-6-7-8-9-19-37(35,36)33-23-12-10-11-22(20-23)26-30-27-24(29)25(31-34(27)32-26)28-16-13-21(14-17-28)15-18-28/h10-12,20-21,31,33H,2-9,13-19H2,1H3. The minimum atomic E-state index is -3.40. The molecule has 9 heteroatoms. The maximum atomic E-state index is 12.6. The summed E-state index contributed by atoms with van der Waals surface area (Å²) < 4.78 is 29.7. The summed E-state index contributed by atoms with van der Waals surface area (Å²) in [7, 11) is -3.40. The summed E-state index contributed by atoms with van der Waals surface area (Å²) >= 11 is 6.85. The van der Waals surface area contributed by atoms with Crippen LogP contribution in [0, 0.1) is 5.92 Å². The van der Waals surface area contributed by atoms with Crippen LogP contribution in [0.1, 0.15) is 103 Å². The lowest BCUT2D eigenvalue weighted by molar-refractivity contribution is 0.132. The number of nitrogens with one attached hydrogen (secondary N) is 2. The third-order valence-electron chi connectivity index (χ3n) is 8.53. The molecular formula is C28H40ClN5O2S. The van der Waals surface area contributed by atoms with Gasteiger partial charge in [-0.25, -0.2) is 13.4 Å². The summed E-state index contributed by atoms with van der Waals surface area (Å²) in [6, 6.07) is 7.27. The second-order valence-electron chi connectivity index (χ2n) is 11.2. The molecule has 3 aliphatic rings. The third-order valence-corrected chi connectivity index (χ3v) is 10.3. The van der Waals surface area contributed by atoms with Gasteiger partial charge in [0.2, 0.25) is 10.0 Å². The summed E-state index contributed by atoms with van der Waals surface area (Å²) in [6.07, 6.45) is 16.3. The molecule has 0 aliphatic heterocycles. The highest BCUT2D eigenvalue weighted by Crippen LogP contribution is 2.53. The van der Waals surface area contributed by atoms with Gasteiger partial charge in [-0.1, -0.05) is 75.6 Å². The molecule has 0 amide bonds. The highest BCUT2D eigenvalue weighted by atomic mass is 35.5. The number of aromatic nitrogens is 4. The first-order valence-corrected chi connectivity index (χ1v) is 16.2. The van der Waals surface area contributed by atoms with Crippen LogP contribution in [0.2, 0.25) is 5.02 Å². The summed E-state index contributed by atoms with van der Waals surface area (Å²) in [5.41, 5.74) is 3.12. The Kier molecular flexibility index (Phi) is 8.15. The maximum Gasteiger partial charge on any atom is 0.232 e. The van der Waals surface area contributed by atoms with Crippen molar-refractivity contribution >= 4 is 33.0 Å². The van der Waals surface area contributed by atoms with Crippen LogP contribution < -0.4 is 4.72 Å². The van der Waals surface area contributed by atoms with E-state index in [1.165, 1.54) is 70.6 Å². The molecule has 3 aliphatic carbocycles. The SMILES string of the molecule is CCCCCCCCCCS(=O)(=O)Nc1cccc(-c2nc3c(Cl)c(C45CCC(CC4)CC5)[nH]n3n2)c1. The van der Waals surface area contributed by atoms with E-state index in [4.69, 9.17) is 16.6 Å². The zero-order valence-electron chi connectivity index (χ0n) is 21.9. The fourth-order valence-electron chi connectivity index (χ4n) is 6.28. The first-order valence-electron chi connectivity index (χ1n) is 14.1. The largest absolute Gasteiger partial charge is 0.284 e. The van der Waals surface area contributed by atoms with E-state index in [0.29, 0.717) is 28.6 Å². The molecule has 1 aromatic carbocycles. The average Bonchev–Trinajstić information content (AvgIpc) is 3.46. The van der Waals surface area contributed by atoms with Crippen molar-refractivity contribution in [2.75, 3.05) is 10.5 Å². The zero-order chi connectivity index (χ0) is 25.9. The molecule has 0 atom stereocenters. The number of unbranched alkanes of at least 4 members (excludes halogenated alkanes) is 7. The van der Waals surface area contributed by atoms with Gasteiger partial charge < -0.3 is 0 Å². The molecule has 2 N–H and O–H groups in total. The smallest absolute Gasteiger partial charge is 0.232 e. The van der Waals surface area contributed by atoms with Crippen molar-refractivity contribution in [2.24, 2.45) is 5.92 Å². The summed E-state index contributed by atoms with van der Waals surface area (Å²) in [4.78, 5) is 4.72. The third kappa shape index (κ3) is 6.00. The van der Waals surface area contributed by atoms with Gasteiger partial charge in [0.25, 0.3) is 0 Å². The molecule has 6 rings (SSSR count). The number of H-pyrrole nitrogens is 1. The number of benzene rings is 1. The lowest BCUT2D eigenvalue weighted by Gasteiger charge is -2.46. The number of anilines is 1. The fraction of sp³-hybridized carbons (Fsp3) is 0.643. The van der Waals surface area contributed by atoms with Crippen molar-refractivity contribution in [3.8, 4) is 11.4 Å². The summed E-state index contributed by atoms with van der Waals surface area (Å²) in [5, 5.41) is 8.77. The van der Waals surface area contributed by atoms with Crippen LogP contribution >= 0.6 is 11.6 Å². The molecule has 37 heavy (non-hydrogen) atoms. The van der Waals surface area contributed by atoms with E-state index in [-0.39, 0.29) is 11.2 Å². The Morgan fingerprint density at radius 3 is 2.41 bits per heavy atom. The summed E-state index contributed by atoms with van der Waals surface area (Å²) in [6.45, 7) is 2.21. The number of hydrogen-bond donors (Lipinski definition) is 2. The van der Waals surface area contributed by atoms with Gasteiger partial charge in [-0.3, -0.25) is 9.82 Å². The Bertz CT molecular complexity index is 1290. The van der Waals surface area contributed by atoms with Crippen LogP contribution in [0.4, 0.5) is 5.69 Å². The molecule has 3 saturated carbocycles. The van der Waals surface area contributed by atoms with Crippen LogP contribution in [0.3, 0.4) is 0 Å². The van der Waals surface area contributed by atoms with Gasteiger partial charge in [0, 0.05) is 16.7 Å². The predicted molar refractivity (Wildman–Crippen MR) is 151 cm³/mol. The number of halogens is 1. The van der Waals surface area contributed by atoms with Gasteiger partial charge >= 0.3 is 0 Å². The molecule has 202 valence electrons. The van der Waals surface area contributed by atoms with Crippen molar-refractivity contribution in [1.82, 2.24) is 19.8 Å². The Morgan fingerprint density at radius 2 is 1.73 bits per heavy atom. The van der Waals surface area contributed by atoms with E-state index in [1.807, 2.05) is 12.1 Å². The van der Waals surface area contributed by atoms with Gasteiger partial charge in [-0.15, -0.1) is 5.10 Å². The number of rotatable bonds is 13. The first kappa shape index (κ1) is 26.5. The van der Waals surface area contributed by atoms with Crippen molar-refractivity contribution < 1.29 is 8.42 Å². The number of aromatic amines is 1. The van der Waals surface area contributed by atoms with E-state index < -0.39 is 10.0 Å². The molecule has 2 bridgehead atoms. The Balaban J connectivity index is 1.21. The van der Waals surface area contributed by atoms with Crippen molar-refractivity contribution in [3.63, 3.8) is 0 Å². The first-order chi connectivity index (χ1) is 17.9. The summed E-state index contributed by atoms with van der Waals surface area (Å²) in [5.74, 6) is 1.54. The Hall–Kier alpha value is -2.06. The molecule has 0 spiro atoms. The molecule has 0 radical (unpaired) electrons. The molecule has 2 aromatic heterocycles. The minimum Gasteiger partial charge on any atom is -0.284 e. The van der Waals surface area contributed by atoms with E-state index in [2.05, 4.69) is 21.8 Å². The minimum absolute atomic E-state index is 0.127. The van der Waals surface area contributed by atoms with Crippen molar-refractivity contribution in [2.45, 2.75) is 102 Å². The monoisotopic (exact) mass is 545 g/mol. The highest BCUT2D eigenvalue weighted by molar-refractivity contribution is 7.92. The highest BCUT2D eigenvalue weighted by Gasteiger charge is 2.44.